The summed E-state index contributed by atoms with van der Waals surface area (Å²) >= 11 is 0. The van der Waals surface area contributed by atoms with E-state index in [0.29, 0.717) is 5.92 Å². The first-order valence-corrected chi connectivity index (χ1v) is 7.15. The van der Waals surface area contributed by atoms with Gasteiger partial charge in [0.15, 0.2) is 0 Å². The Kier molecular flexibility index (Phi) is 3.49. The lowest BCUT2D eigenvalue weighted by Crippen LogP contribution is -2.25. The largest absolute Gasteiger partial charge is 0.488 e. The maximum absolute atomic E-state index is 6.24. The van der Waals surface area contributed by atoms with Crippen LogP contribution in [-0.4, -0.2) is 15.7 Å². The highest BCUT2D eigenvalue weighted by Crippen LogP contribution is 2.29. The minimum Gasteiger partial charge on any atom is -0.488 e. The van der Waals surface area contributed by atoms with Gasteiger partial charge in [-0.15, -0.1) is 0 Å². The second-order valence-electron chi connectivity index (χ2n) is 5.79. The summed E-state index contributed by atoms with van der Waals surface area (Å²) in [6.45, 7) is 5.05. The molecule has 4 nitrogen and oxygen atoms in total. The van der Waals surface area contributed by atoms with E-state index in [4.69, 9.17) is 10.5 Å². The molecule has 0 amide bonds. The normalized spacial score (nSPS) is 18.9. The smallest absolute Gasteiger partial charge is 0.123 e. The van der Waals surface area contributed by atoms with Gasteiger partial charge in [0.1, 0.15) is 11.9 Å². The second kappa shape index (κ2) is 5.29. The monoisotopic (exact) mass is 271 g/mol. The molecule has 2 aromatic rings. The van der Waals surface area contributed by atoms with Gasteiger partial charge in [-0.2, -0.15) is 0 Å². The number of fused-ring (bicyclic) bond motifs is 1. The minimum absolute atomic E-state index is 0.0151. The molecule has 20 heavy (non-hydrogen) atoms. The average molecular weight is 271 g/mol. The number of nitrogens with two attached hydrogens (primary N) is 1. The number of nitrogens with zero attached hydrogens (tertiary/aromatic N) is 2. The molecule has 0 bridgehead atoms. The van der Waals surface area contributed by atoms with Crippen molar-refractivity contribution < 1.29 is 4.74 Å². The Hall–Kier alpha value is -1.81. The van der Waals surface area contributed by atoms with Crippen LogP contribution in [0, 0.1) is 5.92 Å². The highest BCUT2D eigenvalue weighted by Gasteiger charge is 2.24. The van der Waals surface area contributed by atoms with Crippen molar-refractivity contribution in [3.05, 3.63) is 48.0 Å². The number of rotatable bonds is 4. The van der Waals surface area contributed by atoms with Crippen molar-refractivity contribution in [2.75, 3.05) is 0 Å². The first kappa shape index (κ1) is 13.2. The molecule has 2 N–H and O–H groups in total. The molecule has 1 aromatic carbocycles. The van der Waals surface area contributed by atoms with Gasteiger partial charge in [0.25, 0.3) is 0 Å². The van der Waals surface area contributed by atoms with Crippen molar-refractivity contribution in [2.24, 2.45) is 11.7 Å². The van der Waals surface area contributed by atoms with Gasteiger partial charge in [-0.25, -0.2) is 4.98 Å². The topological polar surface area (TPSA) is 53.1 Å². The third kappa shape index (κ3) is 2.43. The Labute approximate surface area is 119 Å². The zero-order valence-electron chi connectivity index (χ0n) is 12.0. The SMILES string of the molecule is CC(C)C(N)c1cncn1CC1Cc2ccccc2O1. The molecule has 0 spiro atoms. The molecular formula is C16H21N3O. The van der Waals surface area contributed by atoms with E-state index in [0.717, 1.165) is 24.4 Å². The van der Waals surface area contributed by atoms with Crippen LogP contribution in [0.15, 0.2) is 36.8 Å². The Morgan fingerprint density at radius 1 is 1.40 bits per heavy atom. The predicted molar refractivity (Wildman–Crippen MR) is 78.6 cm³/mol. The number of aromatic nitrogens is 2. The van der Waals surface area contributed by atoms with Crippen LogP contribution in [-0.2, 0) is 13.0 Å². The van der Waals surface area contributed by atoms with E-state index in [2.05, 4.69) is 35.5 Å². The lowest BCUT2D eigenvalue weighted by molar-refractivity contribution is 0.206. The first-order chi connectivity index (χ1) is 9.65. The van der Waals surface area contributed by atoms with Crippen LogP contribution in [0.1, 0.15) is 31.1 Å². The Bertz CT molecular complexity index is 566. The fourth-order valence-electron chi connectivity index (χ4n) is 2.68. The van der Waals surface area contributed by atoms with Crippen LogP contribution >= 0.6 is 0 Å². The predicted octanol–water partition coefficient (Wildman–Crippen LogP) is 2.54. The second-order valence-corrected chi connectivity index (χ2v) is 5.79. The molecule has 0 radical (unpaired) electrons. The van der Waals surface area contributed by atoms with Gasteiger partial charge >= 0.3 is 0 Å². The summed E-state index contributed by atoms with van der Waals surface area (Å²) in [5.74, 6) is 1.40. The minimum atomic E-state index is 0.0151. The van der Waals surface area contributed by atoms with Crippen LogP contribution in [0.2, 0.25) is 0 Å². The highest BCUT2D eigenvalue weighted by molar-refractivity contribution is 5.37. The zero-order chi connectivity index (χ0) is 14.1. The average Bonchev–Trinajstić information content (AvgIpc) is 3.03. The van der Waals surface area contributed by atoms with Crippen LogP contribution < -0.4 is 10.5 Å². The van der Waals surface area contributed by atoms with Crippen LogP contribution in [0.25, 0.3) is 0 Å². The summed E-state index contributed by atoms with van der Waals surface area (Å²) < 4.78 is 8.11. The number of para-hydroxylation sites is 1. The molecule has 1 aliphatic rings. The van der Waals surface area contributed by atoms with Crippen LogP contribution in [0.4, 0.5) is 0 Å². The van der Waals surface area contributed by atoms with Crippen LogP contribution in [0.3, 0.4) is 0 Å². The summed E-state index contributed by atoms with van der Waals surface area (Å²) in [6, 6.07) is 8.25. The molecule has 1 aliphatic heterocycles. The van der Waals surface area contributed by atoms with E-state index in [1.165, 1.54) is 5.56 Å². The molecule has 0 saturated heterocycles. The standard InChI is InChI=1S/C16H21N3O/c1-11(2)16(17)14-8-18-10-19(14)9-13-7-12-5-3-4-6-15(12)20-13/h3-6,8,10-11,13,16H,7,9,17H2,1-2H3. The Morgan fingerprint density at radius 2 is 2.20 bits per heavy atom. The van der Waals surface area contributed by atoms with E-state index in [-0.39, 0.29) is 12.1 Å². The van der Waals surface area contributed by atoms with E-state index < -0.39 is 0 Å². The molecule has 3 rings (SSSR count). The van der Waals surface area contributed by atoms with E-state index in [1.807, 2.05) is 24.7 Å². The summed E-state index contributed by atoms with van der Waals surface area (Å²) in [5.41, 5.74) is 8.61. The molecule has 2 heterocycles. The van der Waals surface area contributed by atoms with Gasteiger partial charge in [0, 0.05) is 18.7 Å². The van der Waals surface area contributed by atoms with Crippen molar-refractivity contribution >= 4 is 0 Å². The van der Waals surface area contributed by atoms with Gasteiger partial charge in [-0.05, 0) is 17.5 Å². The third-order valence-corrected chi connectivity index (χ3v) is 3.92. The third-order valence-electron chi connectivity index (χ3n) is 3.92. The Morgan fingerprint density at radius 3 is 2.95 bits per heavy atom. The molecule has 1 aromatic heterocycles. The van der Waals surface area contributed by atoms with Crippen molar-refractivity contribution in [2.45, 2.75) is 39.0 Å². The van der Waals surface area contributed by atoms with E-state index >= 15 is 0 Å². The van der Waals surface area contributed by atoms with Crippen molar-refractivity contribution in [3.8, 4) is 5.75 Å². The molecule has 2 unspecified atom stereocenters. The van der Waals surface area contributed by atoms with Gasteiger partial charge in [-0.3, -0.25) is 0 Å². The number of hydrogen-bond donors (Lipinski definition) is 1. The molecule has 0 aliphatic carbocycles. The van der Waals surface area contributed by atoms with Gasteiger partial charge in [0.2, 0.25) is 0 Å². The molecule has 0 fully saturated rings. The quantitative estimate of drug-likeness (QED) is 0.929. The lowest BCUT2D eigenvalue weighted by Gasteiger charge is -2.19. The number of imidazole rings is 1. The molecular weight excluding hydrogens is 250 g/mol. The first-order valence-electron chi connectivity index (χ1n) is 7.15. The highest BCUT2D eigenvalue weighted by atomic mass is 16.5. The van der Waals surface area contributed by atoms with Gasteiger partial charge in [-0.1, -0.05) is 32.0 Å². The van der Waals surface area contributed by atoms with Crippen molar-refractivity contribution in [1.29, 1.82) is 0 Å². The lowest BCUT2D eigenvalue weighted by atomic mass is 10.0. The number of benzene rings is 1. The van der Waals surface area contributed by atoms with Crippen molar-refractivity contribution in [1.82, 2.24) is 9.55 Å². The van der Waals surface area contributed by atoms with E-state index in [1.54, 1.807) is 0 Å². The van der Waals surface area contributed by atoms with Crippen molar-refractivity contribution in [3.63, 3.8) is 0 Å². The fourth-order valence-corrected chi connectivity index (χ4v) is 2.68. The van der Waals surface area contributed by atoms with Crippen LogP contribution in [0.5, 0.6) is 5.75 Å². The molecule has 2 atom stereocenters. The Balaban J connectivity index is 1.73. The number of ether oxygens (including phenoxy) is 1. The molecule has 106 valence electrons. The number of hydrogen-bond acceptors (Lipinski definition) is 3. The summed E-state index contributed by atoms with van der Waals surface area (Å²) in [4.78, 5) is 4.24. The molecule has 4 heteroatoms. The zero-order valence-corrected chi connectivity index (χ0v) is 12.0. The summed E-state index contributed by atoms with van der Waals surface area (Å²) in [7, 11) is 0. The maximum atomic E-state index is 6.24. The van der Waals surface area contributed by atoms with Gasteiger partial charge < -0.3 is 15.0 Å². The molecule has 0 saturated carbocycles. The van der Waals surface area contributed by atoms with Gasteiger partial charge in [0.05, 0.1) is 18.6 Å². The fraction of sp³-hybridized carbons (Fsp3) is 0.438. The maximum Gasteiger partial charge on any atom is 0.123 e. The summed E-state index contributed by atoms with van der Waals surface area (Å²) in [6.07, 6.45) is 4.83. The van der Waals surface area contributed by atoms with E-state index in [9.17, 15) is 0 Å². The summed E-state index contributed by atoms with van der Waals surface area (Å²) in [5, 5.41) is 0.